The fraction of sp³-hybridized carbons (Fsp3) is 0.545. The zero-order valence-electron chi connectivity index (χ0n) is 9.35. The number of aromatic nitrogens is 2. The van der Waals surface area contributed by atoms with Crippen LogP contribution in [0.15, 0.2) is 17.4 Å². The van der Waals surface area contributed by atoms with E-state index in [9.17, 15) is 0 Å². The van der Waals surface area contributed by atoms with Crippen LogP contribution in [0.5, 0.6) is 0 Å². The topological polar surface area (TPSA) is 53.4 Å². The Morgan fingerprint density at radius 2 is 2.31 bits per heavy atom. The van der Waals surface area contributed by atoms with Crippen LogP contribution in [0.25, 0.3) is 0 Å². The molecule has 0 spiro atoms. The van der Waals surface area contributed by atoms with E-state index in [0.29, 0.717) is 6.17 Å². The molecule has 3 rings (SSSR count). The molecular formula is C11H15N5. The van der Waals surface area contributed by atoms with Gasteiger partial charge in [0.15, 0.2) is 11.7 Å². The Hall–Kier alpha value is -1.65. The van der Waals surface area contributed by atoms with Crippen LogP contribution in [0.2, 0.25) is 0 Å². The van der Waals surface area contributed by atoms with Gasteiger partial charge in [-0.3, -0.25) is 4.99 Å². The molecule has 0 aromatic carbocycles. The van der Waals surface area contributed by atoms with Gasteiger partial charge in [-0.25, -0.2) is 9.97 Å². The third-order valence-corrected chi connectivity index (χ3v) is 3.07. The van der Waals surface area contributed by atoms with E-state index in [1.165, 1.54) is 0 Å². The summed E-state index contributed by atoms with van der Waals surface area (Å²) in [6, 6.07) is 0. The first kappa shape index (κ1) is 9.57. The Bertz CT molecular complexity index is 428. The summed E-state index contributed by atoms with van der Waals surface area (Å²) in [4.78, 5) is 15.6. The van der Waals surface area contributed by atoms with Gasteiger partial charge in [-0.05, 0) is 12.8 Å². The van der Waals surface area contributed by atoms with Gasteiger partial charge >= 0.3 is 0 Å². The van der Waals surface area contributed by atoms with E-state index in [1.54, 1.807) is 12.4 Å². The van der Waals surface area contributed by atoms with Gasteiger partial charge in [-0.15, -0.1) is 0 Å². The van der Waals surface area contributed by atoms with E-state index in [-0.39, 0.29) is 0 Å². The van der Waals surface area contributed by atoms with E-state index in [4.69, 9.17) is 0 Å². The number of fused-ring (bicyclic) bond motifs is 3. The molecule has 84 valence electrons. The van der Waals surface area contributed by atoms with Gasteiger partial charge in [0.2, 0.25) is 0 Å². The number of nitrogens with zero attached hydrogens (tertiary/aromatic N) is 4. The van der Waals surface area contributed by atoms with Crippen LogP contribution in [0.1, 0.15) is 25.5 Å². The third kappa shape index (κ3) is 1.35. The summed E-state index contributed by atoms with van der Waals surface area (Å²) < 4.78 is 0. The van der Waals surface area contributed by atoms with Crippen LogP contribution in [-0.4, -0.2) is 40.0 Å². The molecule has 0 aliphatic carbocycles. The van der Waals surface area contributed by atoms with Crippen LogP contribution in [0.4, 0.5) is 5.82 Å². The Morgan fingerprint density at radius 3 is 3.19 bits per heavy atom. The van der Waals surface area contributed by atoms with Crippen molar-refractivity contribution in [2.45, 2.75) is 25.9 Å². The molecule has 0 unspecified atom stereocenters. The Labute approximate surface area is 94.6 Å². The Balaban J connectivity index is 2.09. The Morgan fingerprint density at radius 1 is 1.44 bits per heavy atom. The maximum Gasteiger partial charge on any atom is 0.157 e. The minimum Gasteiger partial charge on any atom is -0.348 e. The second-order valence-electron chi connectivity index (χ2n) is 4.07. The summed E-state index contributed by atoms with van der Waals surface area (Å²) in [5.41, 5.74) is 0.895. The predicted molar refractivity (Wildman–Crippen MR) is 62.5 cm³/mol. The average Bonchev–Trinajstić information content (AvgIpc) is 2.38. The summed E-state index contributed by atoms with van der Waals surface area (Å²) in [6.45, 7) is 4.13. The van der Waals surface area contributed by atoms with Gasteiger partial charge in [0.25, 0.3) is 0 Å². The second kappa shape index (κ2) is 3.73. The number of nitrogens with one attached hydrogen (secondary N) is 1. The second-order valence-corrected chi connectivity index (χ2v) is 4.07. The number of hydrogen-bond acceptors (Lipinski definition) is 5. The molecule has 1 aromatic heterocycles. The standard InChI is InChI=1S/C11H15N5/c1-2-8-15-10-9(12-5-6-13-10)11-14-4-3-7-16(8)11/h5-6,8H,2-4,7H2,1H3,(H,13,15)/t8-/m0/s1. The van der Waals surface area contributed by atoms with Gasteiger partial charge in [0.05, 0.1) is 0 Å². The molecule has 0 fully saturated rings. The number of rotatable bonds is 1. The summed E-state index contributed by atoms with van der Waals surface area (Å²) in [7, 11) is 0. The summed E-state index contributed by atoms with van der Waals surface area (Å²) in [5.74, 6) is 1.88. The lowest BCUT2D eigenvalue weighted by molar-refractivity contribution is 0.308. The maximum atomic E-state index is 4.59. The van der Waals surface area contributed by atoms with E-state index < -0.39 is 0 Å². The third-order valence-electron chi connectivity index (χ3n) is 3.07. The van der Waals surface area contributed by atoms with Crippen LogP contribution < -0.4 is 5.32 Å². The lowest BCUT2D eigenvalue weighted by Gasteiger charge is -2.40. The lowest BCUT2D eigenvalue weighted by atomic mass is 10.1. The van der Waals surface area contributed by atoms with Crippen molar-refractivity contribution >= 4 is 11.7 Å². The van der Waals surface area contributed by atoms with Crippen molar-refractivity contribution in [1.29, 1.82) is 0 Å². The molecule has 3 heterocycles. The van der Waals surface area contributed by atoms with Crippen molar-refractivity contribution in [1.82, 2.24) is 14.9 Å². The van der Waals surface area contributed by atoms with Gasteiger partial charge in [-0.2, -0.15) is 0 Å². The molecule has 16 heavy (non-hydrogen) atoms. The molecule has 5 heteroatoms. The van der Waals surface area contributed by atoms with Crippen molar-refractivity contribution < 1.29 is 0 Å². The van der Waals surface area contributed by atoms with E-state index in [1.807, 2.05) is 0 Å². The van der Waals surface area contributed by atoms with Gasteiger partial charge in [-0.1, -0.05) is 6.92 Å². The van der Waals surface area contributed by atoms with Crippen molar-refractivity contribution in [2.75, 3.05) is 18.4 Å². The summed E-state index contributed by atoms with van der Waals surface area (Å²) >= 11 is 0. The molecular weight excluding hydrogens is 202 g/mol. The molecule has 1 atom stereocenters. The number of anilines is 1. The highest BCUT2D eigenvalue weighted by atomic mass is 15.4. The minimum atomic E-state index is 0.309. The minimum absolute atomic E-state index is 0.309. The van der Waals surface area contributed by atoms with Gasteiger partial charge in [0.1, 0.15) is 11.9 Å². The lowest BCUT2D eigenvalue weighted by Crippen LogP contribution is -2.51. The molecule has 2 aliphatic heterocycles. The van der Waals surface area contributed by atoms with E-state index >= 15 is 0 Å². The zero-order valence-corrected chi connectivity index (χ0v) is 9.35. The molecule has 0 saturated heterocycles. The highest BCUT2D eigenvalue weighted by Crippen LogP contribution is 2.25. The highest BCUT2D eigenvalue weighted by Gasteiger charge is 2.31. The summed E-state index contributed by atoms with van der Waals surface area (Å²) in [5, 5.41) is 3.42. The molecule has 1 N–H and O–H groups in total. The first-order valence-electron chi connectivity index (χ1n) is 5.79. The van der Waals surface area contributed by atoms with Gasteiger partial charge in [0, 0.05) is 25.5 Å². The largest absolute Gasteiger partial charge is 0.348 e. The van der Waals surface area contributed by atoms with Crippen molar-refractivity contribution in [3.8, 4) is 0 Å². The van der Waals surface area contributed by atoms with Gasteiger partial charge < -0.3 is 10.2 Å². The molecule has 0 bridgehead atoms. The molecule has 0 amide bonds. The van der Waals surface area contributed by atoms with Crippen LogP contribution in [-0.2, 0) is 0 Å². The summed E-state index contributed by atoms with van der Waals surface area (Å²) in [6.07, 6.45) is 5.91. The molecule has 2 aliphatic rings. The average molecular weight is 217 g/mol. The SMILES string of the molecule is CC[C@H]1Nc2nccnc2C2=NCCCN21. The number of amidine groups is 1. The van der Waals surface area contributed by atoms with Crippen molar-refractivity contribution in [3.05, 3.63) is 18.1 Å². The predicted octanol–water partition coefficient (Wildman–Crippen LogP) is 1.09. The fourth-order valence-electron chi connectivity index (χ4n) is 2.30. The Kier molecular flexibility index (Phi) is 2.23. The quantitative estimate of drug-likeness (QED) is 0.765. The zero-order chi connectivity index (χ0) is 11.0. The molecule has 0 saturated carbocycles. The first-order chi connectivity index (χ1) is 7.90. The highest BCUT2D eigenvalue weighted by molar-refractivity contribution is 6.03. The number of hydrogen-bond donors (Lipinski definition) is 1. The van der Waals surface area contributed by atoms with Crippen LogP contribution >= 0.6 is 0 Å². The van der Waals surface area contributed by atoms with Crippen molar-refractivity contribution in [2.24, 2.45) is 4.99 Å². The fourth-order valence-corrected chi connectivity index (χ4v) is 2.30. The maximum absolute atomic E-state index is 4.59. The number of aliphatic imine (C=N–C) groups is 1. The smallest absolute Gasteiger partial charge is 0.157 e. The van der Waals surface area contributed by atoms with Crippen molar-refractivity contribution in [3.63, 3.8) is 0 Å². The first-order valence-corrected chi connectivity index (χ1v) is 5.79. The van der Waals surface area contributed by atoms with Crippen LogP contribution in [0.3, 0.4) is 0 Å². The van der Waals surface area contributed by atoms with E-state index in [0.717, 1.165) is 43.3 Å². The normalized spacial score (nSPS) is 22.9. The molecule has 5 nitrogen and oxygen atoms in total. The van der Waals surface area contributed by atoms with Crippen LogP contribution in [0, 0.1) is 0 Å². The molecule has 1 aromatic rings. The monoisotopic (exact) mass is 217 g/mol. The van der Waals surface area contributed by atoms with E-state index in [2.05, 4.69) is 32.1 Å². The molecule has 0 radical (unpaired) electrons.